The van der Waals surface area contributed by atoms with Gasteiger partial charge in [0, 0.05) is 26.2 Å². The van der Waals surface area contributed by atoms with E-state index in [1.165, 1.54) is 0 Å². The van der Waals surface area contributed by atoms with Crippen LogP contribution >= 0.6 is 24.0 Å². The molecular formula is C16H27IN4O2S. The molecule has 1 fully saturated rings. The minimum absolute atomic E-state index is 0. The normalized spacial score (nSPS) is 14.8. The molecule has 0 amide bonds. The first-order valence-electron chi connectivity index (χ1n) is 8.19. The van der Waals surface area contributed by atoms with Crippen LogP contribution in [0.1, 0.15) is 32.3 Å². The van der Waals surface area contributed by atoms with Crippen molar-refractivity contribution in [1.29, 1.82) is 0 Å². The highest BCUT2D eigenvalue weighted by molar-refractivity contribution is 14.0. The van der Waals surface area contributed by atoms with E-state index in [2.05, 4.69) is 15.6 Å². The van der Waals surface area contributed by atoms with Crippen LogP contribution in [0.15, 0.2) is 34.2 Å². The van der Waals surface area contributed by atoms with Gasteiger partial charge in [-0.15, -0.1) is 24.0 Å². The summed E-state index contributed by atoms with van der Waals surface area (Å²) in [6.45, 7) is 7.42. The van der Waals surface area contributed by atoms with Crippen LogP contribution in [0.5, 0.6) is 0 Å². The first kappa shape index (κ1) is 21.2. The third kappa shape index (κ3) is 5.59. The number of guanidine groups is 1. The smallest absolute Gasteiger partial charge is 0.243 e. The summed E-state index contributed by atoms with van der Waals surface area (Å²) in [6, 6.07) is 7.03. The third-order valence-electron chi connectivity index (χ3n) is 3.73. The molecule has 1 aliphatic heterocycles. The van der Waals surface area contributed by atoms with Crippen LogP contribution in [0.3, 0.4) is 0 Å². The molecule has 136 valence electrons. The van der Waals surface area contributed by atoms with Crippen molar-refractivity contribution in [2.75, 3.05) is 26.2 Å². The highest BCUT2D eigenvalue weighted by Crippen LogP contribution is 2.21. The molecule has 1 saturated heterocycles. The molecule has 2 N–H and O–H groups in total. The minimum atomic E-state index is -3.33. The predicted octanol–water partition coefficient (Wildman–Crippen LogP) is 2.16. The van der Waals surface area contributed by atoms with E-state index in [-0.39, 0.29) is 24.0 Å². The molecular weight excluding hydrogens is 439 g/mol. The molecule has 6 nitrogen and oxygen atoms in total. The van der Waals surface area contributed by atoms with Crippen LogP contribution in [0.2, 0.25) is 0 Å². The summed E-state index contributed by atoms with van der Waals surface area (Å²) in [5.41, 5.74) is 0.985. The SMILES string of the molecule is CCNC(=NCc1ccc(S(=O)(=O)N2CCCC2)cc1)NCC.I. The Morgan fingerprint density at radius 3 is 2.12 bits per heavy atom. The van der Waals surface area contributed by atoms with E-state index in [1.54, 1.807) is 16.4 Å². The van der Waals surface area contributed by atoms with Crippen LogP contribution < -0.4 is 10.6 Å². The van der Waals surface area contributed by atoms with Gasteiger partial charge < -0.3 is 10.6 Å². The molecule has 0 aliphatic carbocycles. The van der Waals surface area contributed by atoms with E-state index >= 15 is 0 Å². The second-order valence-electron chi connectivity index (χ2n) is 5.48. The molecule has 0 spiro atoms. The number of nitrogens with zero attached hydrogens (tertiary/aromatic N) is 2. The largest absolute Gasteiger partial charge is 0.357 e. The Kier molecular flexibility index (Phi) is 8.99. The number of hydrogen-bond donors (Lipinski definition) is 2. The lowest BCUT2D eigenvalue weighted by molar-refractivity contribution is 0.477. The summed E-state index contributed by atoms with van der Waals surface area (Å²) in [6.07, 6.45) is 1.90. The summed E-state index contributed by atoms with van der Waals surface area (Å²) < 4.78 is 26.5. The van der Waals surface area contributed by atoms with Gasteiger partial charge in [-0.1, -0.05) is 12.1 Å². The van der Waals surface area contributed by atoms with Gasteiger partial charge in [-0.3, -0.25) is 0 Å². The third-order valence-corrected chi connectivity index (χ3v) is 5.65. The van der Waals surface area contributed by atoms with Crippen molar-refractivity contribution in [3.8, 4) is 0 Å². The van der Waals surface area contributed by atoms with Crippen LogP contribution in [-0.4, -0.2) is 44.9 Å². The Morgan fingerprint density at radius 2 is 1.62 bits per heavy atom. The van der Waals surface area contributed by atoms with Crippen LogP contribution in [-0.2, 0) is 16.6 Å². The van der Waals surface area contributed by atoms with Crippen molar-refractivity contribution < 1.29 is 8.42 Å². The Bertz CT molecular complexity index is 618. The van der Waals surface area contributed by atoms with Gasteiger partial charge in [-0.05, 0) is 44.4 Å². The van der Waals surface area contributed by atoms with E-state index in [4.69, 9.17) is 0 Å². The maximum Gasteiger partial charge on any atom is 0.243 e. The Hall–Kier alpha value is -0.870. The van der Waals surface area contributed by atoms with Gasteiger partial charge in [0.05, 0.1) is 11.4 Å². The molecule has 24 heavy (non-hydrogen) atoms. The quantitative estimate of drug-likeness (QED) is 0.383. The van der Waals surface area contributed by atoms with Gasteiger partial charge >= 0.3 is 0 Å². The maximum atomic E-state index is 12.5. The Morgan fingerprint density at radius 1 is 1.08 bits per heavy atom. The number of halogens is 1. The molecule has 0 radical (unpaired) electrons. The fourth-order valence-corrected chi connectivity index (χ4v) is 4.04. The van der Waals surface area contributed by atoms with Crippen molar-refractivity contribution >= 4 is 40.0 Å². The van der Waals surface area contributed by atoms with Gasteiger partial charge in [0.2, 0.25) is 10.0 Å². The first-order valence-corrected chi connectivity index (χ1v) is 9.63. The van der Waals surface area contributed by atoms with E-state index < -0.39 is 10.0 Å². The zero-order chi connectivity index (χ0) is 16.7. The molecule has 8 heteroatoms. The molecule has 0 bridgehead atoms. The van der Waals surface area contributed by atoms with Gasteiger partial charge in [0.1, 0.15) is 0 Å². The fraction of sp³-hybridized carbons (Fsp3) is 0.562. The summed E-state index contributed by atoms with van der Waals surface area (Å²) in [5.74, 6) is 0.767. The van der Waals surface area contributed by atoms with E-state index in [0.717, 1.165) is 37.5 Å². The van der Waals surface area contributed by atoms with Crippen LogP contribution in [0.4, 0.5) is 0 Å². The summed E-state index contributed by atoms with van der Waals surface area (Å²) >= 11 is 0. The minimum Gasteiger partial charge on any atom is -0.357 e. The number of hydrogen-bond acceptors (Lipinski definition) is 3. The molecule has 1 heterocycles. The van der Waals surface area contributed by atoms with E-state index in [9.17, 15) is 8.42 Å². The Balaban J connectivity index is 0.00000288. The highest BCUT2D eigenvalue weighted by Gasteiger charge is 2.26. The second-order valence-corrected chi connectivity index (χ2v) is 7.42. The summed E-state index contributed by atoms with van der Waals surface area (Å²) in [5, 5.41) is 6.33. The monoisotopic (exact) mass is 466 g/mol. The fourth-order valence-electron chi connectivity index (χ4n) is 2.52. The van der Waals surface area contributed by atoms with Gasteiger partial charge in [0.15, 0.2) is 5.96 Å². The van der Waals surface area contributed by atoms with Crippen LogP contribution in [0, 0.1) is 0 Å². The number of sulfonamides is 1. The van der Waals surface area contributed by atoms with Crippen molar-refractivity contribution in [3.63, 3.8) is 0 Å². The summed E-state index contributed by atoms with van der Waals surface area (Å²) in [4.78, 5) is 4.84. The number of nitrogens with one attached hydrogen (secondary N) is 2. The average Bonchev–Trinajstić information content (AvgIpc) is 3.09. The first-order chi connectivity index (χ1) is 11.1. The zero-order valence-corrected chi connectivity index (χ0v) is 17.4. The lowest BCUT2D eigenvalue weighted by Gasteiger charge is -2.15. The maximum absolute atomic E-state index is 12.5. The zero-order valence-electron chi connectivity index (χ0n) is 14.3. The molecule has 1 aromatic rings. The molecule has 1 aliphatic rings. The number of rotatable bonds is 6. The highest BCUT2D eigenvalue weighted by atomic mass is 127. The van der Waals surface area contributed by atoms with Gasteiger partial charge in [0.25, 0.3) is 0 Å². The standard InChI is InChI=1S/C16H26N4O2S.HI/c1-3-17-16(18-4-2)19-13-14-7-9-15(10-8-14)23(21,22)20-11-5-6-12-20;/h7-10H,3-6,11-13H2,1-2H3,(H2,17,18,19);1H. The van der Waals surface area contributed by atoms with Crippen LogP contribution in [0.25, 0.3) is 0 Å². The molecule has 2 rings (SSSR count). The van der Waals surface area contributed by atoms with Crippen molar-refractivity contribution in [2.45, 2.75) is 38.1 Å². The average molecular weight is 466 g/mol. The molecule has 0 aromatic heterocycles. The molecule has 0 unspecified atom stereocenters. The summed E-state index contributed by atoms with van der Waals surface area (Å²) in [7, 11) is -3.33. The number of aliphatic imine (C=N–C) groups is 1. The molecule has 1 aromatic carbocycles. The lowest BCUT2D eigenvalue weighted by Crippen LogP contribution is -2.36. The molecule has 0 atom stereocenters. The topological polar surface area (TPSA) is 73.8 Å². The second kappa shape index (κ2) is 10.2. The van der Waals surface area contributed by atoms with Crippen molar-refractivity contribution in [1.82, 2.24) is 14.9 Å². The van der Waals surface area contributed by atoms with Gasteiger partial charge in [-0.25, -0.2) is 13.4 Å². The van der Waals surface area contributed by atoms with Crippen molar-refractivity contribution in [3.05, 3.63) is 29.8 Å². The number of benzene rings is 1. The lowest BCUT2D eigenvalue weighted by atomic mass is 10.2. The van der Waals surface area contributed by atoms with E-state index in [1.807, 2.05) is 26.0 Å². The Labute approximate surface area is 162 Å². The predicted molar refractivity (Wildman–Crippen MR) is 108 cm³/mol. The van der Waals surface area contributed by atoms with Crippen molar-refractivity contribution in [2.24, 2.45) is 4.99 Å². The molecule has 0 saturated carbocycles. The van der Waals surface area contributed by atoms with Gasteiger partial charge in [-0.2, -0.15) is 4.31 Å². The van der Waals surface area contributed by atoms with E-state index in [0.29, 0.717) is 24.5 Å².